The van der Waals surface area contributed by atoms with Gasteiger partial charge in [0.1, 0.15) is 5.75 Å². The van der Waals surface area contributed by atoms with Crippen LogP contribution in [-0.2, 0) is 18.4 Å². The highest BCUT2D eigenvalue weighted by Gasteiger charge is 2.37. The average molecular weight is 323 g/mol. The first-order chi connectivity index (χ1) is 10.0. The Labute approximate surface area is 134 Å². The summed E-state index contributed by atoms with van der Waals surface area (Å²) >= 11 is 12.3. The van der Waals surface area contributed by atoms with Gasteiger partial charge in [0.05, 0.1) is 12.7 Å². The molecule has 0 radical (unpaired) electrons. The molecule has 0 aromatic heterocycles. The van der Waals surface area contributed by atoms with Crippen molar-refractivity contribution < 1.29 is 9.84 Å². The molecule has 2 aromatic carbocycles. The number of aliphatic hydroxyl groups is 1. The highest BCUT2D eigenvalue weighted by atomic mass is 35.5. The van der Waals surface area contributed by atoms with Gasteiger partial charge in [0.15, 0.2) is 0 Å². The lowest BCUT2D eigenvalue weighted by molar-refractivity contribution is 0.0388. The molecule has 0 saturated carbocycles. The number of benzene rings is 2. The zero-order valence-corrected chi connectivity index (χ0v) is 13.2. The number of halogens is 2. The second-order valence-electron chi connectivity index (χ2n) is 5.47. The first-order valence-corrected chi connectivity index (χ1v) is 7.61. The van der Waals surface area contributed by atoms with Crippen molar-refractivity contribution in [1.82, 2.24) is 0 Å². The first kappa shape index (κ1) is 14.7. The normalized spacial score (nSPS) is 20.4. The highest BCUT2D eigenvalue weighted by molar-refractivity contribution is 6.33. The fraction of sp³-hybridized carbons (Fsp3) is 0.294. The van der Waals surface area contributed by atoms with Crippen LogP contribution in [0.15, 0.2) is 36.4 Å². The molecule has 0 spiro atoms. The van der Waals surface area contributed by atoms with Crippen LogP contribution in [-0.4, -0.2) is 12.2 Å². The van der Waals surface area contributed by atoms with Crippen molar-refractivity contribution in [1.29, 1.82) is 0 Å². The Kier molecular flexibility index (Phi) is 3.87. The summed E-state index contributed by atoms with van der Waals surface area (Å²) in [7, 11) is 1.63. The second-order valence-corrected chi connectivity index (χ2v) is 6.31. The number of aryl methyl sites for hydroxylation is 1. The van der Waals surface area contributed by atoms with Crippen LogP contribution in [0.1, 0.15) is 23.1 Å². The molecule has 0 aliphatic heterocycles. The Morgan fingerprint density at radius 1 is 1.19 bits per heavy atom. The smallest absolute Gasteiger partial charge is 0.119 e. The lowest BCUT2D eigenvalue weighted by atomic mass is 9.88. The Morgan fingerprint density at radius 3 is 2.76 bits per heavy atom. The molecule has 0 bridgehead atoms. The Balaban J connectivity index is 1.98. The fourth-order valence-corrected chi connectivity index (χ4v) is 3.37. The molecule has 1 N–H and O–H groups in total. The monoisotopic (exact) mass is 322 g/mol. The van der Waals surface area contributed by atoms with Crippen molar-refractivity contribution in [2.75, 3.05) is 7.11 Å². The third-order valence-corrected chi connectivity index (χ3v) is 4.72. The molecule has 2 aromatic rings. The van der Waals surface area contributed by atoms with Crippen LogP contribution in [0.2, 0.25) is 10.0 Å². The summed E-state index contributed by atoms with van der Waals surface area (Å²) in [6.45, 7) is 0. The molecule has 1 aliphatic rings. The third kappa shape index (κ3) is 2.76. The molecule has 21 heavy (non-hydrogen) atoms. The number of fused-ring (bicyclic) bond motifs is 1. The van der Waals surface area contributed by atoms with Gasteiger partial charge in [-0.25, -0.2) is 0 Å². The minimum Gasteiger partial charge on any atom is -0.497 e. The van der Waals surface area contributed by atoms with E-state index in [1.807, 2.05) is 24.3 Å². The highest BCUT2D eigenvalue weighted by Crippen LogP contribution is 2.42. The average Bonchev–Trinajstić information content (AvgIpc) is 2.80. The molecule has 0 amide bonds. The van der Waals surface area contributed by atoms with E-state index in [4.69, 9.17) is 27.9 Å². The Morgan fingerprint density at radius 2 is 2.00 bits per heavy atom. The van der Waals surface area contributed by atoms with E-state index in [1.165, 1.54) is 0 Å². The Hall–Kier alpha value is -1.22. The Bertz CT molecular complexity index is 684. The molecule has 0 saturated heterocycles. The zero-order chi connectivity index (χ0) is 15.0. The largest absolute Gasteiger partial charge is 0.497 e. The molecule has 2 nitrogen and oxygen atoms in total. The van der Waals surface area contributed by atoms with E-state index in [-0.39, 0.29) is 0 Å². The van der Waals surface area contributed by atoms with Crippen LogP contribution < -0.4 is 4.74 Å². The van der Waals surface area contributed by atoms with Gasteiger partial charge in [-0.2, -0.15) is 0 Å². The van der Waals surface area contributed by atoms with Crippen molar-refractivity contribution in [2.24, 2.45) is 0 Å². The molecule has 4 heteroatoms. The summed E-state index contributed by atoms with van der Waals surface area (Å²) in [6, 6.07) is 11.2. The van der Waals surface area contributed by atoms with Gasteiger partial charge in [0.2, 0.25) is 0 Å². The predicted molar refractivity (Wildman–Crippen MR) is 85.4 cm³/mol. The molecule has 0 heterocycles. The van der Waals surface area contributed by atoms with Gasteiger partial charge in [0, 0.05) is 16.5 Å². The summed E-state index contributed by atoms with van der Waals surface area (Å²) in [4.78, 5) is 0. The lowest BCUT2D eigenvalue weighted by Crippen LogP contribution is -2.25. The summed E-state index contributed by atoms with van der Waals surface area (Å²) < 4.78 is 5.27. The maximum Gasteiger partial charge on any atom is 0.119 e. The molecule has 1 unspecified atom stereocenters. The zero-order valence-electron chi connectivity index (χ0n) is 11.7. The van der Waals surface area contributed by atoms with Crippen LogP contribution in [0.25, 0.3) is 0 Å². The number of methoxy groups -OCH3 is 1. The molecular formula is C17H16Cl2O2. The summed E-state index contributed by atoms with van der Waals surface area (Å²) in [5.41, 5.74) is 2.04. The number of hydrogen-bond acceptors (Lipinski definition) is 2. The van der Waals surface area contributed by atoms with E-state index in [2.05, 4.69) is 0 Å². The predicted octanol–water partition coefficient (Wildman–Crippen LogP) is 4.38. The number of hydrogen-bond donors (Lipinski definition) is 1. The quantitative estimate of drug-likeness (QED) is 0.908. The number of rotatable bonds is 3. The van der Waals surface area contributed by atoms with E-state index in [1.54, 1.807) is 19.2 Å². The van der Waals surface area contributed by atoms with E-state index >= 15 is 0 Å². The summed E-state index contributed by atoms with van der Waals surface area (Å²) in [6.07, 6.45) is 1.99. The van der Waals surface area contributed by atoms with Gasteiger partial charge in [-0.05, 0) is 59.9 Å². The van der Waals surface area contributed by atoms with Gasteiger partial charge in [0.25, 0.3) is 0 Å². The van der Waals surface area contributed by atoms with Crippen LogP contribution in [0.4, 0.5) is 0 Å². The van der Waals surface area contributed by atoms with Gasteiger partial charge >= 0.3 is 0 Å². The maximum absolute atomic E-state index is 11.1. The van der Waals surface area contributed by atoms with Crippen molar-refractivity contribution in [2.45, 2.75) is 24.9 Å². The molecule has 1 aliphatic carbocycles. The van der Waals surface area contributed by atoms with Gasteiger partial charge in [-0.15, -0.1) is 0 Å². The van der Waals surface area contributed by atoms with Gasteiger partial charge < -0.3 is 9.84 Å². The van der Waals surface area contributed by atoms with Gasteiger partial charge in [-0.1, -0.05) is 29.3 Å². The number of ether oxygens (including phenoxy) is 1. The summed E-state index contributed by atoms with van der Waals surface area (Å²) in [5, 5.41) is 12.3. The first-order valence-electron chi connectivity index (χ1n) is 6.85. The van der Waals surface area contributed by atoms with Crippen molar-refractivity contribution >= 4 is 23.2 Å². The van der Waals surface area contributed by atoms with Crippen molar-refractivity contribution in [3.8, 4) is 5.75 Å². The third-order valence-electron chi connectivity index (χ3n) is 4.12. The topological polar surface area (TPSA) is 29.5 Å². The molecule has 3 rings (SSSR count). The van der Waals surface area contributed by atoms with E-state index in [0.29, 0.717) is 22.9 Å². The minimum atomic E-state index is -0.918. The molecule has 0 fully saturated rings. The van der Waals surface area contributed by atoms with Crippen LogP contribution in [0.5, 0.6) is 5.75 Å². The van der Waals surface area contributed by atoms with E-state index in [9.17, 15) is 5.11 Å². The van der Waals surface area contributed by atoms with Crippen molar-refractivity contribution in [3.05, 3.63) is 63.1 Å². The van der Waals surface area contributed by atoms with Gasteiger partial charge in [-0.3, -0.25) is 0 Å². The fourth-order valence-electron chi connectivity index (χ4n) is 2.99. The second kappa shape index (κ2) is 5.53. The SMILES string of the molecule is COc1ccc2c(c1)C(O)(Cc1cc(Cl)ccc1Cl)CC2. The van der Waals surface area contributed by atoms with Crippen molar-refractivity contribution in [3.63, 3.8) is 0 Å². The molecule has 110 valence electrons. The van der Waals surface area contributed by atoms with Crippen LogP contribution >= 0.6 is 23.2 Å². The molecule has 1 atom stereocenters. The summed E-state index contributed by atoms with van der Waals surface area (Å²) in [5.74, 6) is 0.756. The standard InChI is InChI=1S/C17H16Cl2O2/c1-21-14-4-2-11-6-7-17(20,15(11)9-14)10-12-8-13(18)3-5-16(12)19/h2-5,8-9,20H,6-7,10H2,1H3. The lowest BCUT2D eigenvalue weighted by Gasteiger charge is -2.25. The molecular weight excluding hydrogens is 307 g/mol. The van der Waals surface area contributed by atoms with E-state index < -0.39 is 5.60 Å². The van der Waals surface area contributed by atoms with Crippen LogP contribution in [0.3, 0.4) is 0 Å². The van der Waals surface area contributed by atoms with Crippen LogP contribution in [0, 0.1) is 0 Å². The minimum absolute atomic E-state index is 0.451. The van der Waals surface area contributed by atoms with E-state index in [0.717, 1.165) is 28.9 Å². The maximum atomic E-state index is 11.1.